The molecule has 0 bridgehead atoms. The predicted molar refractivity (Wildman–Crippen MR) is 132 cm³/mol. The minimum Gasteiger partial charge on any atom is -0.365 e. The van der Waals surface area contributed by atoms with Crippen molar-refractivity contribution in [1.82, 2.24) is 15.2 Å². The van der Waals surface area contributed by atoms with Gasteiger partial charge in [-0.2, -0.15) is 13.2 Å². The van der Waals surface area contributed by atoms with E-state index >= 15 is 0 Å². The highest BCUT2D eigenvalue weighted by Gasteiger charge is 2.42. The number of hydrogen-bond donors (Lipinski definition) is 1. The predicted octanol–water partition coefficient (Wildman–Crippen LogP) is 4.32. The summed E-state index contributed by atoms with van der Waals surface area (Å²) in [7, 11) is 0. The largest absolute Gasteiger partial charge is 0.416 e. The number of piperazine rings is 1. The second-order valence-corrected chi connectivity index (χ2v) is 9.50. The van der Waals surface area contributed by atoms with E-state index in [1.54, 1.807) is 12.3 Å². The second-order valence-electron chi connectivity index (χ2n) is 9.50. The highest BCUT2D eigenvalue weighted by Crippen LogP contribution is 2.39. The minimum absolute atomic E-state index is 0.110. The van der Waals surface area contributed by atoms with E-state index in [0.29, 0.717) is 31.6 Å². The standard InChI is InChI=1S/C28H29F3N4O/c29-28(30,31)22-9-10-25-21(16-22)17-24(27(36)33-13-11-23-8-4-5-12-32-23)26-19-34(14-15-35(25)26)18-20-6-2-1-3-7-20/h1-10,12,16,24,26H,11,13-15,17-19H2,(H,33,36)/t24-,26+/m1/s1. The zero-order chi connectivity index (χ0) is 25.1. The molecule has 3 aromatic rings. The number of carbonyl (C=O) groups is 1. The van der Waals surface area contributed by atoms with Crippen LogP contribution in [-0.2, 0) is 30.4 Å². The van der Waals surface area contributed by atoms with Crippen LogP contribution in [0.2, 0.25) is 0 Å². The molecule has 5 rings (SSSR count). The lowest BCUT2D eigenvalue weighted by molar-refractivity contribution is -0.137. The molecule has 0 spiro atoms. The van der Waals surface area contributed by atoms with Gasteiger partial charge in [0, 0.05) is 56.7 Å². The summed E-state index contributed by atoms with van der Waals surface area (Å²) in [5, 5.41) is 3.03. The molecular formula is C28H29F3N4O. The minimum atomic E-state index is -4.42. The SMILES string of the molecule is O=C(NCCc1ccccn1)[C@@H]1Cc2cc(C(F)(F)F)ccc2N2CCN(Cc3ccccc3)C[C@@H]12. The molecule has 2 aliphatic rings. The van der Waals surface area contributed by atoms with E-state index in [9.17, 15) is 18.0 Å². The van der Waals surface area contributed by atoms with Gasteiger partial charge in [-0.1, -0.05) is 36.4 Å². The number of carbonyl (C=O) groups excluding carboxylic acids is 1. The number of alkyl halides is 3. The molecule has 8 heteroatoms. The van der Waals surface area contributed by atoms with Gasteiger partial charge in [-0.25, -0.2) is 0 Å². The average molecular weight is 495 g/mol. The number of rotatable bonds is 6. The van der Waals surface area contributed by atoms with E-state index in [0.717, 1.165) is 30.5 Å². The van der Waals surface area contributed by atoms with Crippen LogP contribution in [0.4, 0.5) is 18.9 Å². The van der Waals surface area contributed by atoms with E-state index < -0.39 is 17.7 Å². The molecule has 2 atom stereocenters. The zero-order valence-electron chi connectivity index (χ0n) is 19.9. The Labute approximate surface area is 208 Å². The lowest BCUT2D eigenvalue weighted by atomic mass is 9.82. The van der Waals surface area contributed by atoms with Gasteiger partial charge in [0.05, 0.1) is 17.5 Å². The lowest BCUT2D eigenvalue weighted by Crippen LogP contribution is -2.61. The van der Waals surface area contributed by atoms with Crippen LogP contribution < -0.4 is 10.2 Å². The molecule has 2 aliphatic heterocycles. The van der Waals surface area contributed by atoms with Crippen LogP contribution in [0.1, 0.15) is 22.4 Å². The number of nitrogens with zero attached hydrogens (tertiary/aromatic N) is 3. The third kappa shape index (κ3) is 5.38. The number of halogens is 3. The van der Waals surface area contributed by atoms with E-state index in [1.165, 1.54) is 11.6 Å². The number of nitrogens with one attached hydrogen (secondary N) is 1. The maximum atomic E-state index is 13.4. The molecule has 1 aromatic heterocycles. The fourth-order valence-corrected chi connectivity index (χ4v) is 5.33. The number of benzene rings is 2. The topological polar surface area (TPSA) is 48.5 Å². The Morgan fingerprint density at radius 3 is 2.58 bits per heavy atom. The first-order valence-corrected chi connectivity index (χ1v) is 12.3. The Morgan fingerprint density at radius 1 is 1.03 bits per heavy atom. The fourth-order valence-electron chi connectivity index (χ4n) is 5.33. The first-order valence-electron chi connectivity index (χ1n) is 12.3. The van der Waals surface area contributed by atoms with Gasteiger partial charge in [-0.05, 0) is 47.9 Å². The molecule has 2 aromatic carbocycles. The van der Waals surface area contributed by atoms with Gasteiger partial charge in [0.2, 0.25) is 5.91 Å². The number of fused-ring (bicyclic) bond motifs is 3. The summed E-state index contributed by atoms with van der Waals surface area (Å²) in [6.45, 7) is 3.32. The summed E-state index contributed by atoms with van der Waals surface area (Å²) in [6.07, 6.45) is -1.81. The van der Waals surface area contributed by atoms with Crippen LogP contribution in [-0.4, -0.2) is 48.0 Å². The van der Waals surface area contributed by atoms with E-state index in [1.807, 2.05) is 36.4 Å². The van der Waals surface area contributed by atoms with Crippen molar-refractivity contribution in [3.8, 4) is 0 Å². The van der Waals surface area contributed by atoms with Gasteiger partial charge < -0.3 is 10.2 Å². The second kappa shape index (κ2) is 10.3. The molecule has 1 amide bonds. The van der Waals surface area contributed by atoms with Crippen molar-refractivity contribution < 1.29 is 18.0 Å². The zero-order valence-corrected chi connectivity index (χ0v) is 19.9. The van der Waals surface area contributed by atoms with Crippen LogP contribution in [0.3, 0.4) is 0 Å². The highest BCUT2D eigenvalue weighted by molar-refractivity contribution is 5.82. The summed E-state index contributed by atoms with van der Waals surface area (Å²) >= 11 is 0. The number of aromatic nitrogens is 1. The number of anilines is 1. The van der Waals surface area contributed by atoms with E-state index in [4.69, 9.17) is 0 Å². The fraction of sp³-hybridized carbons (Fsp3) is 0.357. The van der Waals surface area contributed by atoms with Gasteiger partial charge >= 0.3 is 6.18 Å². The normalized spacial score (nSPS) is 19.9. The van der Waals surface area contributed by atoms with Crippen molar-refractivity contribution in [2.45, 2.75) is 31.6 Å². The number of amides is 1. The molecular weight excluding hydrogens is 465 g/mol. The molecule has 0 aliphatic carbocycles. The molecule has 188 valence electrons. The molecule has 5 nitrogen and oxygen atoms in total. The van der Waals surface area contributed by atoms with Gasteiger partial charge in [-0.15, -0.1) is 0 Å². The Morgan fingerprint density at radius 2 is 1.83 bits per heavy atom. The third-order valence-electron chi connectivity index (χ3n) is 7.12. The molecule has 1 fully saturated rings. The van der Waals surface area contributed by atoms with E-state index in [-0.39, 0.29) is 18.4 Å². The number of hydrogen-bond acceptors (Lipinski definition) is 4. The van der Waals surface area contributed by atoms with Crippen molar-refractivity contribution in [3.63, 3.8) is 0 Å². The molecule has 0 radical (unpaired) electrons. The Kier molecular flexibility index (Phi) is 6.96. The van der Waals surface area contributed by atoms with Gasteiger partial charge in [0.25, 0.3) is 0 Å². The number of pyridine rings is 1. The summed E-state index contributed by atoms with van der Waals surface area (Å²) < 4.78 is 40.3. The Balaban J connectivity index is 1.36. The maximum absolute atomic E-state index is 13.4. The van der Waals surface area contributed by atoms with Crippen LogP contribution >= 0.6 is 0 Å². The van der Waals surface area contributed by atoms with Gasteiger partial charge in [0.1, 0.15) is 0 Å². The average Bonchev–Trinajstić information content (AvgIpc) is 2.88. The van der Waals surface area contributed by atoms with Crippen molar-refractivity contribution in [3.05, 3.63) is 95.3 Å². The monoisotopic (exact) mass is 494 g/mol. The summed E-state index contributed by atoms with van der Waals surface area (Å²) in [5.74, 6) is -0.561. The maximum Gasteiger partial charge on any atom is 0.416 e. The molecule has 0 saturated carbocycles. The first-order chi connectivity index (χ1) is 17.4. The Hall–Kier alpha value is -3.39. The van der Waals surface area contributed by atoms with Crippen LogP contribution in [0.5, 0.6) is 0 Å². The molecule has 1 N–H and O–H groups in total. The van der Waals surface area contributed by atoms with Crippen molar-refractivity contribution in [2.75, 3.05) is 31.1 Å². The van der Waals surface area contributed by atoms with Crippen LogP contribution in [0.25, 0.3) is 0 Å². The lowest BCUT2D eigenvalue weighted by Gasteiger charge is -2.49. The summed E-state index contributed by atoms with van der Waals surface area (Å²) in [6, 6.07) is 19.7. The summed E-state index contributed by atoms with van der Waals surface area (Å²) in [4.78, 5) is 22.2. The smallest absolute Gasteiger partial charge is 0.365 e. The molecule has 0 unspecified atom stereocenters. The van der Waals surface area contributed by atoms with Crippen LogP contribution in [0, 0.1) is 5.92 Å². The van der Waals surface area contributed by atoms with Gasteiger partial charge in [-0.3, -0.25) is 14.7 Å². The molecule has 3 heterocycles. The molecule has 36 heavy (non-hydrogen) atoms. The quantitative estimate of drug-likeness (QED) is 0.555. The Bertz CT molecular complexity index is 1190. The van der Waals surface area contributed by atoms with Crippen molar-refractivity contribution in [2.24, 2.45) is 5.92 Å². The summed E-state index contributed by atoms with van der Waals surface area (Å²) in [5.41, 5.74) is 2.81. The van der Waals surface area contributed by atoms with Crippen molar-refractivity contribution >= 4 is 11.6 Å². The van der Waals surface area contributed by atoms with Gasteiger partial charge in [0.15, 0.2) is 0 Å². The first kappa shape index (κ1) is 24.3. The van der Waals surface area contributed by atoms with Crippen molar-refractivity contribution in [1.29, 1.82) is 0 Å². The highest BCUT2D eigenvalue weighted by atomic mass is 19.4. The van der Waals surface area contributed by atoms with E-state index in [2.05, 4.69) is 32.2 Å². The third-order valence-corrected chi connectivity index (χ3v) is 7.12. The molecule has 1 saturated heterocycles. The van der Waals surface area contributed by atoms with Crippen LogP contribution in [0.15, 0.2) is 72.9 Å².